The minimum atomic E-state index is -3.15. The number of nitrogens with zero attached hydrogens (tertiary/aromatic N) is 1. The van der Waals surface area contributed by atoms with E-state index in [0.717, 1.165) is 60.9 Å². The lowest BCUT2D eigenvalue weighted by molar-refractivity contribution is -0.0109. The smallest absolute Gasteiger partial charge is 0.259 e. The Balaban J connectivity index is 1.31. The van der Waals surface area contributed by atoms with Crippen LogP contribution in [0.15, 0.2) is 46.3 Å². The molecule has 0 spiro atoms. The molecule has 2 saturated carbocycles. The molecule has 37 heavy (non-hydrogen) atoms. The van der Waals surface area contributed by atoms with Gasteiger partial charge in [0.25, 0.3) is 11.8 Å². The molecule has 1 amide bonds. The summed E-state index contributed by atoms with van der Waals surface area (Å²) in [5, 5.41) is -0.212. The Labute approximate surface area is 221 Å². The van der Waals surface area contributed by atoms with E-state index in [1.165, 1.54) is 19.1 Å². The second kappa shape index (κ2) is 10.8. The lowest BCUT2D eigenvalue weighted by Gasteiger charge is -2.22. The number of thioether (sulfide) groups is 1. The van der Waals surface area contributed by atoms with Gasteiger partial charge in [-0.2, -0.15) is 0 Å². The molecule has 7 heteroatoms. The summed E-state index contributed by atoms with van der Waals surface area (Å²) in [6, 6.07) is 3.72. The summed E-state index contributed by atoms with van der Waals surface area (Å²) in [5.41, 5.74) is 1.31. The second-order valence-corrected chi connectivity index (χ2v) is 11.6. The highest BCUT2D eigenvalue weighted by atomic mass is 32.2. The van der Waals surface area contributed by atoms with Crippen molar-refractivity contribution in [2.24, 2.45) is 28.7 Å². The molecule has 0 saturated heterocycles. The van der Waals surface area contributed by atoms with Gasteiger partial charge in [0.2, 0.25) is 0 Å². The predicted octanol–water partition coefficient (Wildman–Crippen LogP) is 9.06. The number of aryl methyl sites for hydroxylation is 1. The summed E-state index contributed by atoms with van der Waals surface area (Å²) in [4.78, 5) is 17.0. The summed E-state index contributed by atoms with van der Waals surface area (Å²) >= 11 is 1.16. The minimum absolute atomic E-state index is 0.212. The van der Waals surface area contributed by atoms with Gasteiger partial charge in [-0.05, 0) is 84.7 Å². The molecule has 2 nitrogen and oxygen atoms in total. The standard InChI is InChI=1S/C30H33F4NOS/c1-5-7-9-18(3)27-26(37-28(36)35-27)17-24-22-14-19(15-23(22)24)10-8-11-20-12-13-21(29(4,31)32)16-25(20)30(33,34)6-2/h1,12-13,16-17,19,22-24H,3,6-11,14-15H2,2,4H3. The van der Waals surface area contributed by atoms with Gasteiger partial charge >= 0.3 is 5.24 Å². The minimum Gasteiger partial charge on any atom is -0.259 e. The van der Waals surface area contributed by atoms with Crippen molar-refractivity contribution in [3.05, 3.63) is 58.0 Å². The predicted molar refractivity (Wildman–Crippen MR) is 142 cm³/mol. The highest BCUT2D eigenvalue weighted by Gasteiger charge is 2.54. The van der Waals surface area contributed by atoms with Crippen LogP contribution in [0.4, 0.5) is 22.4 Å². The number of halogens is 4. The molecule has 2 fully saturated rings. The van der Waals surface area contributed by atoms with Gasteiger partial charge in [-0.3, -0.25) is 4.79 Å². The summed E-state index contributed by atoms with van der Waals surface area (Å²) in [6.45, 7) is 6.16. The van der Waals surface area contributed by atoms with Crippen LogP contribution in [0.1, 0.15) is 75.5 Å². The molecule has 0 N–H and O–H groups in total. The first kappa shape index (κ1) is 27.7. The number of allylic oxidation sites excluding steroid dienone is 3. The first-order chi connectivity index (χ1) is 17.4. The Kier molecular flexibility index (Phi) is 8.09. The number of alkyl halides is 4. The van der Waals surface area contributed by atoms with Crippen molar-refractivity contribution >= 4 is 22.7 Å². The van der Waals surface area contributed by atoms with E-state index in [1.807, 2.05) is 0 Å². The number of hydrogen-bond donors (Lipinski definition) is 0. The van der Waals surface area contributed by atoms with Crippen LogP contribution in [-0.4, -0.2) is 11.0 Å². The zero-order valence-corrected chi connectivity index (χ0v) is 22.2. The molecule has 1 aromatic carbocycles. The molecule has 1 aromatic rings. The zero-order chi connectivity index (χ0) is 27.0. The number of aliphatic imine (C=N–C) groups is 1. The fourth-order valence-corrected chi connectivity index (χ4v) is 6.70. The van der Waals surface area contributed by atoms with Crippen molar-refractivity contribution in [1.29, 1.82) is 0 Å². The van der Waals surface area contributed by atoms with Crippen LogP contribution in [0.5, 0.6) is 0 Å². The van der Waals surface area contributed by atoms with Crippen molar-refractivity contribution < 1.29 is 22.4 Å². The molecular formula is C30H33F4NOS. The van der Waals surface area contributed by atoms with Crippen LogP contribution in [-0.2, 0) is 18.3 Å². The van der Waals surface area contributed by atoms with Crippen LogP contribution < -0.4 is 0 Å². The van der Waals surface area contributed by atoms with E-state index in [-0.39, 0.29) is 16.4 Å². The number of carbonyl (C=O) groups excluding carboxylic acids is 1. The zero-order valence-electron chi connectivity index (χ0n) is 21.3. The van der Waals surface area contributed by atoms with Gasteiger partial charge in [0.15, 0.2) is 0 Å². The Hall–Kier alpha value is -2.33. The largest absolute Gasteiger partial charge is 0.310 e. The number of amides is 1. The van der Waals surface area contributed by atoms with E-state index in [9.17, 15) is 22.4 Å². The molecule has 4 rings (SSSR count). The van der Waals surface area contributed by atoms with Crippen molar-refractivity contribution in [2.75, 3.05) is 0 Å². The molecule has 3 aliphatic rings. The molecule has 0 radical (unpaired) electrons. The van der Waals surface area contributed by atoms with E-state index >= 15 is 0 Å². The SMILES string of the molecule is C#CCCC(=C)C1=NC(=O)SC1=CC1C2CC(CCCc3ccc(C(C)(F)F)cc3C(F)(F)CC)CC12. The van der Waals surface area contributed by atoms with Gasteiger partial charge < -0.3 is 0 Å². The lowest BCUT2D eigenvalue weighted by Crippen LogP contribution is -2.17. The van der Waals surface area contributed by atoms with Gasteiger partial charge in [-0.1, -0.05) is 38.1 Å². The Morgan fingerprint density at radius 1 is 1.27 bits per heavy atom. The summed E-state index contributed by atoms with van der Waals surface area (Å²) < 4.78 is 56.7. The third-order valence-corrected chi connectivity index (χ3v) is 8.82. The normalized spacial score (nSPS) is 26.2. The Morgan fingerprint density at radius 3 is 2.59 bits per heavy atom. The number of carbonyl (C=O) groups is 1. The monoisotopic (exact) mass is 531 g/mol. The molecule has 0 bridgehead atoms. The summed E-state index contributed by atoms with van der Waals surface area (Å²) in [5.74, 6) is -1.54. The molecule has 2 unspecified atom stereocenters. The van der Waals surface area contributed by atoms with Crippen molar-refractivity contribution in [1.82, 2.24) is 0 Å². The molecule has 198 valence electrons. The highest BCUT2D eigenvalue weighted by Crippen LogP contribution is 2.62. The average Bonchev–Trinajstić information content (AvgIpc) is 3.14. The molecule has 0 aromatic heterocycles. The van der Waals surface area contributed by atoms with Gasteiger partial charge in [0.05, 0.1) is 5.71 Å². The van der Waals surface area contributed by atoms with Gasteiger partial charge in [-0.15, -0.1) is 12.3 Å². The molecule has 1 heterocycles. The van der Waals surface area contributed by atoms with Crippen LogP contribution in [0, 0.1) is 36.0 Å². The topological polar surface area (TPSA) is 29.4 Å². The van der Waals surface area contributed by atoms with E-state index in [1.54, 1.807) is 0 Å². The van der Waals surface area contributed by atoms with E-state index in [4.69, 9.17) is 6.42 Å². The fraction of sp³-hybridized carbons (Fsp3) is 0.533. The molecule has 2 aliphatic carbocycles. The maximum absolute atomic E-state index is 14.6. The maximum Gasteiger partial charge on any atom is 0.310 e. The summed E-state index contributed by atoms with van der Waals surface area (Å²) in [6.07, 6.45) is 12.6. The second-order valence-electron chi connectivity index (χ2n) is 10.6. The Morgan fingerprint density at radius 2 is 1.97 bits per heavy atom. The number of rotatable bonds is 11. The number of hydrogen-bond acceptors (Lipinski definition) is 2. The number of benzene rings is 1. The average molecular weight is 532 g/mol. The molecule has 2 atom stereocenters. The third-order valence-electron chi connectivity index (χ3n) is 8.01. The fourth-order valence-electron chi connectivity index (χ4n) is 5.86. The first-order valence-corrected chi connectivity index (χ1v) is 13.8. The van der Waals surface area contributed by atoms with Gasteiger partial charge in [0, 0.05) is 35.8 Å². The van der Waals surface area contributed by atoms with Crippen LogP contribution in [0.2, 0.25) is 0 Å². The van der Waals surface area contributed by atoms with E-state index in [0.29, 0.717) is 54.2 Å². The summed E-state index contributed by atoms with van der Waals surface area (Å²) in [7, 11) is 0. The van der Waals surface area contributed by atoms with E-state index in [2.05, 4.69) is 23.6 Å². The maximum atomic E-state index is 14.6. The lowest BCUT2D eigenvalue weighted by atomic mass is 9.89. The van der Waals surface area contributed by atoms with Crippen molar-refractivity contribution in [2.45, 2.75) is 77.1 Å². The quantitative estimate of drug-likeness (QED) is 0.211. The van der Waals surface area contributed by atoms with E-state index < -0.39 is 18.3 Å². The molecular weight excluding hydrogens is 498 g/mol. The molecule has 1 aliphatic heterocycles. The number of terminal acetylenes is 1. The first-order valence-electron chi connectivity index (χ1n) is 13.0. The van der Waals surface area contributed by atoms with Crippen LogP contribution >= 0.6 is 11.8 Å². The van der Waals surface area contributed by atoms with Gasteiger partial charge in [-0.25, -0.2) is 22.6 Å². The van der Waals surface area contributed by atoms with Crippen LogP contribution in [0.3, 0.4) is 0 Å². The van der Waals surface area contributed by atoms with Crippen molar-refractivity contribution in [3.63, 3.8) is 0 Å². The Bertz CT molecular complexity index is 1160. The van der Waals surface area contributed by atoms with Gasteiger partial charge in [0.1, 0.15) is 0 Å². The van der Waals surface area contributed by atoms with Crippen molar-refractivity contribution in [3.8, 4) is 12.3 Å². The number of fused-ring (bicyclic) bond motifs is 1. The third kappa shape index (κ3) is 6.22. The van der Waals surface area contributed by atoms with Crippen LogP contribution in [0.25, 0.3) is 0 Å². The highest BCUT2D eigenvalue weighted by molar-refractivity contribution is 8.18.